The van der Waals surface area contributed by atoms with Gasteiger partial charge in [-0.1, -0.05) is 81.6 Å². The highest BCUT2D eigenvalue weighted by molar-refractivity contribution is 7.97. The van der Waals surface area contributed by atoms with Crippen LogP contribution in [-0.2, 0) is 12.7 Å². The van der Waals surface area contributed by atoms with Crippen molar-refractivity contribution in [3.05, 3.63) is 70.8 Å². The van der Waals surface area contributed by atoms with Gasteiger partial charge in [-0.25, -0.2) is 4.31 Å². The minimum atomic E-state index is -4.34. The largest absolute Gasteiger partial charge is 0.416 e. The van der Waals surface area contributed by atoms with Gasteiger partial charge in [0.15, 0.2) is 0 Å². The van der Waals surface area contributed by atoms with Crippen LogP contribution in [0.3, 0.4) is 0 Å². The van der Waals surface area contributed by atoms with Crippen LogP contribution >= 0.6 is 23.9 Å². The summed E-state index contributed by atoms with van der Waals surface area (Å²) >= 11 is 3.33. The minimum Gasteiger partial charge on any atom is -0.250 e. The smallest absolute Gasteiger partial charge is 0.250 e. The van der Waals surface area contributed by atoms with Crippen LogP contribution in [-0.4, -0.2) is 34.5 Å². The van der Waals surface area contributed by atoms with Crippen LogP contribution < -0.4 is 0 Å². The van der Waals surface area contributed by atoms with Crippen molar-refractivity contribution in [2.45, 2.75) is 58.2 Å². The zero-order chi connectivity index (χ0) is 25.1. The molecule has 1 saturated heterocycles. The SMILES string of the molecule is CC.CSN1CCC(=Cc2ccc(SN(Cc3ccccc3C(F)(F)F)CC(C)C)cc2)CC1. The van der Waals surface area contributed by atoms with E-state index in [1.165, 1.54) is 35.2 Å². The number of alkyl halides is 3. The summed E-state index contributed by atoms with van der Waals surface area (Å²) in [5, 5.41) is 0. The van der Waals surface area contributed by atoms with E-state index in [9.17, 15) is 13.2 Å². The predicted molar refractivity (Wildman–Crippen MR) is 143 cm³/mol. The number of rotatable bonds is 8. The van der Waals surface area contributed by atoms with Gasteiger partial charge in [-0.2, -0.15) is 13.2 Å². The van der Waals surface area contributed by atoms with Crippen molar-refractivity contribution < 1.29 is 13.2 Å². The second-order valence-corrected chi connectivity index (χ2v) is 10.5. The van der Waals surface area contributed by atoms with Crippen LogP contribution in [0.4, 0.5) is 13.2 Å². The summed E-state index contributed by atoms with van der Waals surface area (Å²) in [4.78, 5) is 1.04. The van der Waals surface area contributed by atoms with Crippen molar-refractivity contribution in [3.63, 3.8) is 0 Å². The van der Waals surface area contributed by atoms with Gasteiger partial charge in [0.1, 0.15) is 0 Å². The van der Waals surface area contributed by atoms with E-state index in [0.717, 1.165) is 30.8 Å². The zero-order valence-electron chi connectivity index (χ0n) is 20.9. The van der Waals surface area contributed by atoms with Gasteiger partial charge in [-0.05, 0) is 66.3 Å². The van der Waals surface area contributed by atoms with E-state index in [-0.39, 0.29) is 6.54 Å². The van der Waals surface area contributed by atoms with Crippen molar-refractivity contribution in [2.24, 2.45) is 5.92 Å². The standard InChI is InChI=1S/C25H31F3N2S2.C2H6/c1-19(2)17-30(18-22-6-4-5-7-24(22)25(26,27)28)32-23-10-8-20(9-11-23)16-21-12-14-29(31-3)15-13-21;1-2/h4-11,16,19H,12-15,17-18H2,1-3H3;1-2H3. The summed E-state index contributed by atoms with van der Waals surface area (Å²) in [7, 11) is 0. The van der Waals surface area contributed by atoms with Crippen molar-refractivity contribution in [2.75, 3.05) is 25.9 Å². The number of benzene rings is 2. The van der Waals surface area contributed by atoms with Crippen molar-refractivity contribution >= 4 is 30.0 Å². The summed E-state index contributed by atoms with van der Waals surface area (Å²) in [5.74, 6) is 0.344. The molecule has 0 saturated carbocycles. The van der Waals surface area contributed by atoms with Crippen LogP contribution in [0, 0.1) is 5.92 Å². The Labute approximate surface area is 212 Å². The first-order chi connectivity index (χ1) is 16.2. The highest BCUT2D eigenvalue weighted by atomic mass is 32.2. The molecule has 2 aromatic rings. The lowest BCUT2D eigenvalue weighted by Crippen LogP contribution is -2.23. The minimum absolute atomic E-state index is 0.246. The second-order valence-electron chi connectivity index (χ2n) is 8.45. The van der Waals surface area contributed by atoms with Gasteiger partial charge in [0.2, 0.25) is 0 Å². The van der Waals surface area contributed by atoms with Crippen molar-refractivity contribution in [1.29, 1.82) is 0 Å². The zero-order valence-corrected chi connectivity index (χ0v) is 22.5. The van der Waals surface area contributed by atoms with Gasteiger partial charge in [-0.15, -0.1) is 0 Å². The average molecular weight is 511 g/mol. The van der Waals surface area contributed by atoms with E-state index in [0.29, 0.717) is 18.0 Å². The molecule has 0 bridgehead atoms. The fourth-order valence-electron chi connectivity index (χ4n) is 3.78. The van der Waals surface area contributed by atoms with Crippen LogP contribution in [0.25, 0.3) is 6.08 Å². The molecule has 2 nitrogen and oxygen atoms in total. The van der Waals surface area contributed by atoms with Crippen LogP contribution in [0.2, 0.25) is 0 Å². The molecule has 1 aliphatic rings. The molecule has 188 valence electrons. The quantitative estimate of drug-likeness (QED) is 0.328. The third-order valence-electron chi connectivity index (χ3n) is 5.35. The van der Waals surface area contributed by atoms with Gasteiger partial charge in [0.05, 0.1) is 5.56 Å². The lowest BCUT2D eigenvalue weighted by molar-refractivity contribution is -0.138. The Bertz CT molecular complexity index is 885. The summed E-state index contributed by atoms with van der Waals surface area (Å²) in [6.45, 7) is 11.3. The fraction of sp³-hybridized carbons (Fsp3) is 0.481. The van der Waals surface area contributed by atoms with Gasteiger partial charge in [-0.3, -0.25) is 4.31 Å². The van der Waals surface area contributed by atoms with E-state index in [2.05, 4.69) is 54.7 Å². The molecule has 0 unspecified atom stereocenters. The maximum absolute atomic E-state index is 13.4. The Balaban J connectivity index is 0.00000199. The van der Waals surface area contributed by atoms with Gasteiger partial charge >= 0.3 is 6.18 Å². The molecule has 0 spiro atoms. The Hall–Kier alpha value is -1.41. The first kappa shape index (κ1) is 28.8. The number of hydrogen-bond donors (Lipinski definition) is 0. The highest BCUT2D eigenvalue weighted by Gasteiger charge is 2.33. The summed E-state index contributed by atoms with van der Waals surface area (Å²) in [5.41, 5.74) is 2.41. The molecule has 1 fully saturated rings. The number of hydrogen-bond acceptors (Lipinski definition) is 4. The molecule has 0 amide bonds. The van der Waals surface area contributed by atoms with E-state index < -0.39 is 11.7 Å². The number of halogens is 3. The lowest BCUT2D eigenvalue weighted by Gasteiger charge is -2.26. The Morgan fingerprint density at radius 3 is 2.18 bits per heavy atom. The topological polar surface area (TPSA) is 6.48 Å². The summed E-state index contributed by atoms with van der Waals surface area (Å²) < 4.78 is 44.7. The van der Waals surface area contributed by atoms with Gasteiger partial charge in [0.25, 0.3) is 0 Å². The first-order valence-corrected chi connectivity index (χ1v) is 13.9. The lowest BCUT2D eigenvalue weighted by atomic mass is 10.0. The number of piperidine rings is 1. The van der Waals surface area contributed by atoms with Crippen molar-refractivity contribution in [3.8, 4) is 0 Å². The normalized spacial score (nSPS) is 14.8. The van der Waals surface area contributed by atoms with Gasteiger partial charge < -0.3 is 0 Å². The maximum Gasteiger partial charge on any atom is 0.416 e. The molecular formula is C27H37F3N2S2. The van der Waals surface area contributed by atoms with Crippen LogP contribution in [0.5, 0.6) is 0 Å². The Morgan fingerprint density at radius 1 is 1.00 bits per heavy atom. The highest BCUT2D eigenvalue weighted by Crippen LogP contribution is 2.34. The van der Waals surface area contributed by atoms with E-state index in [1.807, 2.05) is 18.2 Å². The third-order valence-corrected chi connectivity index (χ3v) is 7.25. The molecule has 34 heavy (non-hydrogen) atoms. The summed E-state index contributed by atoms with van der Waals surface area (Å²) in [6, 6.07) is 14.2. The van der Waals surface area contributed by atoms with Crippen molar-refractivity contribution in [1.82, 2.24) is 8.61 Å². The molecule has 0 aromatic heterocycles. The predicted octanol–water partition coefficient (Wildman–Crippen LogP) is 8.65. The van der Waals surface area contributed by atoms with E-state index in [1.54, 1.807) is 24.1 Å². The van der Waals surface area contributed by atoms with E-state index in [4.69, 9.17) is 0 Å². The molecule has 7 heteroatoms. The molecule has 0 radical (unpaired) electrons. The monoisotopic (exact) mass is 510 g/mol. The average Bonchev–Trinajstić information content (AvgIpc) is 2.81. The van der Waals surface area contributed by atoms with E-state index >= 15 is 0 Å². The number of nitrogens with zero attached hydrogens (tertiary/aromatic N) is 2. The van der Waals surface area contributed by atoms with Gasteiger partial charge in [0, 0.05) is 31.1 Å². The van der Waals surface area contributed by atoms with Crippen LogP contribution in [0.1, 0.15) is 57.2 Å². The molecule has 1 aliphatic heterocycles. The molecular weight excluding hydrogens is 473 g/mol. The molecule has 0 aliphatic carbocycles. The molecule has 0 N–H and O–H groups in total. The molecule has 0 atom stereocenters. The molecule has 3 rings (SSSR count). The second kappa shape index (κ2) is 14.2. The molecule has 2 aromatic carbocycles. The first-order valence-electron chi connectivity index (χ1n) is 11.9. The Morgan fingerprint density at radius 2 is 1.62 bits per heavy atom. The van der Waals surface area contributed by atoms with Crippen LogP contribution in [0.15, 0.2) is 59.0 Å². The Kier molecular flexibility index (Phi) is 12.1. The fourth-order valence-corrected chi connectivity index (χ4v) is 5.46. The third kappa shape index (κ3) is 9.33. The molecule has 1 heterocycles. The summed E-state index contributed by atoms with van der Waals surface area (Å²) in [6.07, 6.45) is 2.25. The maximum atomic E-state index is 13.4.